The molecule has 9 heteroatoms. The van der Waals surface area contributed by atoms with Gasteiger partial charge in [0.15, 0.2) is 23.0 Å². The molecule has 8 nitrogen and oxygen atoms in total. The summed E-state index contributed by atoms with van der Waals surface area (Å²) >= 11 is 0.963. The van der Waals surface area contributed by atoms with Gasteiger partial charge in [-0.3, -0.25) is 4.79 Å². The molecule has 0 radical (unpaired) electrons. The molecule has 2 aliphatic rings. The number of hydrogen-bond donors (Lipinski definition) is 1. The number of aromatic nitrogens is 2. The van der Waals surface area contributed by atoms with Gasteiger partial charge in [-0.15, -0.1) is 5.10 Å². The molecule has 1 aromatic heterocycles. The molecule has 1 spiro atoms. The Hall–Kier alpha value is -2.68. The van der Waals surface area contributed by atoms with Crippen molar-refractivity contribution in [3.8, 4) is 11.5 Å². The molecule has 1 saturated carbocycles. The highest BCUT2D eigenvalue weighted by Crippen LogP contribution is 2.47. The van der Waals surface area contributed by atoms with E-state index in [1.807, 2.05) is 6.92 Å². The Morgan fingerprint density at radius 2 is 2.04 bits per heavy atom. The molecule has 0 bridgehead atoms. The number of ether oxygens (including phenoxy) is 3. The molecule has 1 amide bonds. The smallest absolute Gasteiger partial charge is 0.352 e. The lowest BCUT2D eigenvalue weighted by molar-refractivity contribution is -0.119. The van der Waals surface area contributed by atoms with E-state index in [1.54, 1.807) is 18.2 Å². The number of amides is 1. The Labute approximate surface area is 160 Å². The second-order valence-corrected chi connectivity index (χ2v) is 7.26. The molecule has 2 heterocycles. The van der Waals surface area contributed by atoms with E-state index in [9.17, 15) is 9.59 Å². The maximum atomic E-state index is 12.1. The van der Waals surface area contributed by atoms with E-state index < -0.39 is 24.3 Å². The van der Waals surface area contributed by atoms with Crippen molar-refractivity contribution in [3.63, 3.8) is 0 Å². The Bertz CT molecular complexity index is 876. The number of aryl methyl sites for hydroxylation is 1. The molecule has 0 atom stereocenters. The quantitative estimate of drug-likeness (QED) is 0.785. The molecule has 1 aliphatic heterocycles. The van der Waals surface area contributed by atoms with E-state index in [1.165, 1.54) is 0 Å². The Morgan fingerprint density at radius 3 is 2.81 bits per heavy atom. The maximum absolute atomic E-state index is 12.1. The fraction of sp³-hybridized carbons (Fsp3) is 0.444. The molecule has 0 saturated heterocycles. The average molecular weight is 389 g/mol. The van der Waals surface area contributed by atoms with Gasteiger partial charge in [0.2, 0.25) is 0 Å². The third-order valence-corrected chi connectivity index (χ3v) is 5.34. The molecule has 0 unspecified atom stereocenters. The molecule has 1 aliphatic carbocycles. The highest BCUT2D eigenvalue weighted by Gasteiger charge is 2.44. The topological polar surface area (TPSA) is 99.6 Å². The van der Waals surface area contributed by atoms with Crippen molar-refractivity contribution in [2.24, 2.45) is 0 Å². The van der Waals surface area contributed by atoms with Gasteiger partial charge in [-0.1, -0.05) is 11.4 Å². The van der Waals surface area contributed by atoms with Crippen LogP contribution in [0.15, 0.2) is 18.2 Å². The summed E-state index contributed by atoms with van der Waals surface area (Å²) in [6, 6.07) is 5.24. The summed E-state index contributed by atoms with van der Waals surface area (Å²) in [4.78, 5) is 24.5. The molecule has 142 valence electrons. The highest BCUT2D eigenvalue weighted by molar-refractivity contribution is 7.07. The van der Waals surface area contributed by atoms with Crippen LogP contribution in [0.25, 0.3) is 0 Å². The molecule has 27 heavy (non-hydrogen) atoms. The summed E-state index contributed by atoms with van der Waals surface area (Å²) in [6.45, 7) is 1.48. The Morgan fingerprint density at radius 1 is 1.26 bits per heavy atom. The van der Waals surface area contributed by atoms with E-state index >= 15 is 0 Å². The van der Waals surface area contributed by atoms with Crippen LogP contribution in [0.2, 0.25) is 0 Å². The zero-order valence-corrected chi connectivity index (χ0v) is 15.6. The maximum Gasteiger partial charge on any atom is 0.352 e. The van der Waals surface area contributed by atoms with Crippen LogP contribution in [-0.4, -0.2) is 33.9 Å². The van der Waals surface area contributed by atoms with Gasteiger partial charge in [0.25, 0.3) is 11.7 Å². The number of fused-ring (bicyclic) bond motifs is 1. The van der Waals surface area contributed by atoms with Crippen molar-refractivity contribution in [1.82, 2.24) is 9.59 Å². The lowest BCUT2D eigenvalue weighted by Crippen LogP contribution is -2.34. The lowest BCUT2D eigenvalue weighted by atomic mass is 10.2. The molecule has 4 rings (SSSR count). The minimum atomic E-state index is -0.592. The standard InChI is InChI=1S/C18H19N3O5S/c1-2-12-16(27-21-20-12)17(23)24-10-15(22)19-11-5-6-13-14(9-11)26-18(25-13)7-3-4-8-18/h5-6,9H,2-4,7-8,10H2,1H3,(H,19,22). The minimum absolute atomic E-state index is 0.329. The third kappa shape index (κ3) is 3.59. The van der Waals surface area contributed by atoms with Crippen LogP contribution < -0.4 is 14.8 Å². The van der Waals surface area contributed by atoms with Crippen molar-refractivity contribution in [2.45, 2.75) is 44.8 Å². The van der Waals surface area contributed by atoms with E-state index in [0.29, 0.717) is 34.2 Å². The second-order valence-electron chi connectivity index (χ2n) is 6.51. The van der Waals surface area contributed by atoms with Crippen molar-refractivity contribution >= 4 is 29.1 Å². The van der Waals surface area contributed by atoms with Crippen molar-refractivity contribution in [2.75, 3.05) is 11.9 Å². The summed E-state index contributed by atoms with van der Waals surface area (Å²) in [5.74, 6) is -0.263. The minimum Gasteiger partial charge on any atom is -0.451 e. The van der Waals surface area contributed by atoms with Gasteiger partial charge in [-0.2, -0.15) is 0 Å². The first-order valence-corrected chi connectivity index (χ1v) is 9.66. The number of anilines is 1. The number of rotatable bonds is 5. The van der Waals surface area contributed by atoms with Gasteiger partial charge in [-0.05, 0) is 42.9 Å². The summed E-state index contributed by atoms with van der Waals surface area (Å²) in [5, 5.41) is 6.56. The van der Waals surface area contributed by atoms with Gasteiger partial charge >= 0.3 is 5.97 Å². The molecular weight excluding hydrogens is 370 g/mol. The molecule has 2 aromatic rings. The first kappa shape index (κ1) is 17.7. The van der Waals surface area contributed by atoms with Crippen LogP contribution in [-0.2, 0) is 16.0 Å². The summed E-state index contributed by atoms with van der Waals surface area (Å²) in [6.07, 6.45) is 4.47. The van der Waals surface area contributed by atoms with Crippen LogP contribution in [0, 0.1) is 0 Å². The van der Waals surface area contributed by atoms with E-state index in [0.717, 1.165) is 37.2 Å². The van der Waals surface area contributed by atoms with E-state index in [2.05, 4.69) is 14.9 Å². The molecule has 1 fully saturated rings. The normalized spacial score (nSPS) is 16.5. The predicted octanol–water partition coefficient (Wildman–Crippen LogP) is 2.94. The monoisotopic (exact) mass is 389 g/mol. The number of hydrogen-bond acceptors (Lipinski definition) is 8. The third-order valence-electron chi connectivity index (χ3n) is 4.60. The van der Waals surface area contributed by atoms with E-state index in [-0.39, 0.29) is 0 Å². The van der Waals surface area contributed by atoms with Crippen LogP contribution in [0.4, 0.5) is 5.69 Å². The van der Waals surface area contributed by atoms with Gasteiger partial charge in [0.05, 0.1) is 5.69 Å². The Balaban J connectivity index is 1.34. The number of carbonyl (C=O) groups is 2. The van der Waals surface area contributed by atoms with E-state index in [4.69, 9.17) is 14.2 Å². The number of carbonyl (C=O) groups excluding carboxylic acids is 2. The lowest BCUT2D eigenvalue weighted by Gasteiger charge is -2.21. The first-order chi connectivity index (χ1) is 13.1. The zero-order valence-electron chi connectivity index (χ0n) is 14.8. The van der Waals surface area contributed by atoms with Crippen LogP contribution in [0.3, 0.4) is 0 Å². The van der Waals surface area contributed by atoms with Gasteiger partial charge in [0, 0.05) is 24.6 Å². The molecular formula is C18H19N3O5S. The van der Waals surface area contributed by atoms with Crippen LogP contribution in [0.1, 0.15) is 48.0 Å². The van der Waals surface area contributed by atoms with Crippen molar-refractivity contribution in [1.29, 1.82) is 0 Å². The largest absolute Gasteiger partial charge is 0.451 e. The summed E-state index contributed by atoms with van der Waals surface area (Å²) in [5.41, 5.74) is 1.13. The molecule has 1 aromatic carbocycles. The zero-order chi connectivity index (χ0) is 18.9. The van der Waals surface area contributed by atoms with Crippen LogP contribution in [0.5, 0.6) is 11.5 Å². The fourth-order valence-electron chi connectivity index (χ4n) is 3.28. The predicted molar refractivity (Wildman–Crippen MR) is 97.1 cm³/mol. The van der Waals surface area contributed by atoms with Gasteiger partial charge < -0.3 is 19.5 Å². The number of esters is 1. The number of benzene rings is 1. The molecule has 1 N–H and O–H groups in total. The summed E-state index contributed by atoms with van der Waals surface area (Å²) in [7, 11) is 0. The van der Waals surface area contributed by atoms with Crippen molar-refractivity contribution in [3.05, 3.63) is 28.8 Å². The SMILES string of the molecule is CCc1nnsc1C(=O)OCC(=O)Nc1ccc2c(c1)OC1(CCCC1)O2. The number of nitrogens with zero attached hydrogens (tertiary/aromatic N) is 2. The van der Waals surface area contributed by atoms with Gasteiger partial charge in [-0.25, -0.2) is 4.79 Å². The Kier molecular flexibility index (Phi) is 4.69. The average Bonchev–Trinajstić information content (AvgIpc) is 3.38. The number of nitrogens with one attached hydrogen (secondary N) is 1. The fourth-order valence-corrected chi connectivity index (χ4v) is 3.92. The van der Waals surface area contributed by atoms with Crippen LogP contribution >= 0.6 is 11.5 Å². The highest BCUT2D eigenvalue weighted by atomic mass is 32.1. The first-order valence-electron chi connectivity index (χ1n) is 8.89. The second kappa shape index (κ2) is 7.15. The van der Waals surface area contributed by atoms with Gasteiger partial charge in [0.1, 0.15) is 0 Å². The summed E-state index contributed by atoms with van der Waals surface area (Å²) < 4.78 is 20.7. The van der Waals surface area contributed by atoms with Crippen molar-refractivity contribution < 1.29 is 23.8 Å².